The SMILES string of the molecule is CCC(Cc1cn(CC)nn1)c1ccccn1. The van der Waals surface area contributed by atoms with Gasteiger partial charge < -0.3 is 0 Å². The monoisotopic (exact) mass is 230 g/mol. The number of rotatable bonds is 5. The lowest BCUT2D eigenvalue weighted by molar-refractivity contribution is 0.621. The summed E-state index contributed by atoms with van der Waals surface area (Å²) in [7, 11) is 0. The maximum atomic E-state index is 4.42. The summed E-state index contributed by atoms with van der Waals surface area (Å²) in [5.74, 6) is 0.429. The molecule has 2 aromatic heterocycles. The third kappa shape index (κ3) is 2.90. The van der Waals surface area contributed by atoms with Crippen LogP contribution in [0.4, 0.5) is 0 Å². The van der Waals surface area contributed by atoms with Gasteiger partial charge in [0.15, 0.2) is 0 Å². The molecule has 2 aromatic rings. The molecule has 1 atom stereocenters. The Hall–Kier alpha value is -1.71. The second kappa shape index (κ2) is 5.57. The number of nitrogens with zero attached hydrogens (tertiary/aromatic N) is 4. The van der Waals surface area contributed by atoms with E-state index in [9.17, 15) is 0 Å². The second-order valence-corrected chi connectivity index (χ2v) is 4.13. The summed E-state index contributed by atoms with van der Waals surface area (Å²) in [6, 6.07) is 6.07. The average molecular weight is 230 g/mol. The summed E-state index contributed by atoms with van der Waals surface area (Å²) in [5.41, 5.74) is 2.19. The van der Waals surface area contributed by atoms with Gasteiger partial charge in [-0.15, -0.1) is 5.10 Å². The smallest absolute Gasteiger partial charge is 0.0833 e. The molecule has 0 aromatic carbocycles. The summed E-state index contributed by atoms with van der Waals surface area (Å²) in [6.07, 6.45) is 5.84. The van der Waals surface area contributed by atoms with Gasteiger partial charge in [0.2, 0.25) is 0 Å². The Labute approximate surface area is 102 Å². The summed E-state index contributed by atoms with van der Waals surface area (Å²) >= 11 is 0. The molecule has 0 bridgehead atoms. The zero-order valence-electron chi connectivity index (χ0n) is 10.4. The standard InChI is InChI=1S/C13H18N4/c1-3-11(13-7-5-6-8-14-13)9-12-10-17(4-2)16-15-12/h5-8,10-11H,3-4,9H2,1-2H3. The van der Waals surface area contributed by atoms with E-state index in [1.54, 1.807) is 0 Å². The molecule has 4 nitrogen and oxygen atoms in total. The van der Waals surface area contributed by atoms with E-state index >= 15 is 0 Å². The van der Waals surface area contributed by atoms with Gasteiger partial charge in [-0.25, -0.2) is 0 Å². The molecule has 0 spiro atoms. The zero-order valence-corrected chi connectivity index (χ0v) is 10.4. The predicted octanol–water partition coefficient (Wildman–Crippen LogP) is 2.43. The fraction of sp³-hybridized carbons (Fsp3) is 0.462. The second-order valence-electron chi connectivity index (χ2n) is 4.13. The molecule has 0 aliphatic rings. The first-order chi connectivity index (χ1) is 8.33. The Morgan fingerprint density at radius 1 is 1.29 bits per heavy atom. The maximum absolute atomic E-state index is 4.42. The average Bonchev–Trinajstić information content (AvgIpc) is 2.84. The normalized spacial score (nSPS) is 12.6. The summed E-state index contributed by atoms with van der Waals surface area (Å²) in [5, 5.41) is 8.25. The number of aryl methyl sites for hydroxylation is 1. The highest BCUT2D eigenvalue weighted by Crippen LogP contribution is 2.21. The molecule has 90 valence electrons. The van der Waals surface area contributed by atoms with Gasteiger partial charge in [-0.2, -0.15) is 0 Å². The van der Waals surface area contributed by atoms with Crippen molar-refractivity contribution < 1.29 is 0 Å². The van der Waals surface area contributed by atoms with Crippen LogP contribution >= 0.6 is 0 Å². The molecule has 17 heavy (non-hydrogen) atoms. The molecule has 0 saturated carbocycles. The van der Waals surface area contributed by atoms with Crippen LogP contribution in [0.5, 0.6) is 0 Å². The Balaban J connectivity index is 2.10. The topological polar surface area (TPSA) is 43.6 Å². The third-order valence-electron chi connectivity index (χ3n) is 2.96. The maximum Gasteiger partial charge on any atom is 0.0833 e. The third-order valence-corrected chi connectivity index (χ3v) is 2.96. The lowest BCUT2D eigenvalue weighted by Gasteiger charge is -2.11. The van der Waals surface area contributed by atoms with E-state index in [1.807, 2.05) is 29.2 Å². The molecule has 2 rings (SSSR count). The number of aromatic nitrogens is 4. The largest absolute Gasteiger partial charge is 0.261 e. The molecular formula is C13H18N4. The van der Waals surface area contributed by atoms with Crippen LogP contribution in [-0.2, 0) is 13.0 Å². The Kier molecular flexibility index (Phi) is 3.85. The van der Waals surface area contributed by atoms with Crippen LogP contribution in [0.3, 0.4) is 0 Å². The van der Waals surface area contributed by atoms with Crippen molar-refractivity contribution in [3.05, 3.63) is 42.0 Å². The van der Waals surface area contributed by atoms with Crippen molar-refractivity contribution in [1.82, 2.24) is 20.0 Å². The number of pyridine rings is 1. The van der Waals surface area contributed by atoms with E-state index in [0.29, 0.717) is 5.92 Å². The van der Waals surface area contributed by atoms with Crippen molar-refractivity contribution in [3.8, 4) is 0 Å². The van der Waals surface area contributed by atoms with Gasteiger partial charge in [-0.1, -0.05) is 18.2 Å². The van der Waals surface area contributed by atoms with E-state index < -0.39 is 0 Å². The van der Waals surface area contributed by atoms with Gasteiger partial charge in [0.1, 0.15) is 0 Å². The van der Waals surface area contributed by atoms with Gasteiger partial charge >= 0.3 is 0 Å². The van der Waals surface area contributed by atoms with Crippen LogP contribution in [0, 0.1) is 0 Å². The first-order valence-electron chi connectivity index (χ1n) is 6.13. The van der Waals surface area contributed by atoms with Crippen LogP contribution in [-0.4, -0.2) is 20.0 Å². The molecule has 0 fully saturated rings. The summed E-state index contributed by atoms with van der Waals surface area (Å²) in [6.45, 7) is 5.12. The van der Waals surface area contributed by atoms with Crippen molar-refractivity contribution in [2.45, 2.75) is 39.2 Å². The summed E-state index contributed by atoms with van der Waals surface area (Å²) < 4.78 is 1.86. The quantitative estimate of drug-likeness (QED) is 0.792. The fourth-order valence-corrected chi connectivity index (χ4v) is 1.91. The molecule has 0 N–H and O–H groups in total. The van der Waals surface area contributed by atoms with Gasteiger partial charge in [-0.3, -0.25) is 9.67 Å². The van der Waals surface area contributed by atoms with Crippen LogP contribution in [0.25, 0.3) is 0 Å². The van der Waals surface area contributed by atoms with Crippen LogP contribution < -0.4 is 0 Å². The first kappa shape index (κ1) is 11.8. The van der Waals surface area contributed by atoms with E-state index in [1.165, 1.54) is 0 Å². The molecule has 0 aliphatic heterocycles. The first-order valence-corrected chi connectivity index (χ1v) is 6.13. The molecule has 0 saturated heterocycles. The van der Waals surface area contributed by atoms with Gasteiger partial charge in [0.25, 0.3) is 0 Å². The number of hydrogen-bond acceptors (Lipinski definition) is 3. The van der Waals surface area contributed by atoms with E-state index in [-0.39, 0.29) is 0 Å². The predicted molar refractivity (Wildman–Crippen MR) is 66.7 cm³/mol. The highest BCUT2D eigenvalue weighted by atomic mass is 15.4. The number of hydrogen-bond donors (Lipinski definition) is 0. The van der Waals surface area contributed by atoms with E-state index in [0.717, 1.165) is 30.8 Å². The molecule has 0 radical (unpaired) electrons. The van der Waals surface area contributed by atoms with Crippen molar-refractivity contribution in [2.75, 3.05) is 0 Å². The fourth-order valence-electron chi connectivity index (χ4n) is 1.91. The molecule has 2 heterocycles. The van der Waals surface area contributed by atoms with Gasteiger partial charge in [0.05, 0.1) is 5.69 Å². The highest BCUT2D eigenvalue weighted by molar-refractivity contribution is 5.12. The van der Waals surface area contributed by atoms with E-state index in [4.69, 9.17) is 0 Å². The summed E-state index contributed by atoms with van der Waals surface area (Å²) in [4.78, 5) is 4.42. The van der Waals surface area contributed by atoms with Crippen LogP contribution in [0.1, 0.15) is 37.6 Å². The van der Waals surface area contributed by atoms with E-state index in [2.05, 4.69) is 35.2 Å². The zero-order chi connectivity index (χ0) is 12.1. The minimum absolute atomic E-state index is 0.429. The Bertz CT molecular complexity index is 449. The Morgan fingerprint density at radius 2 is 2.18 bits per heavy atom. The van der Waals surface area contributed by atoms with Crippen LogP contribution in [0.2, 0.25) is 0 Å². The molecular weight excluding hydrogens is 212 g/mol. The van der Waals surface area contributed by atoms with Crippen molar-refractivity contribution in [3.63, 3.8) is 0 Å². The highest BCUT2D eigenvalue weighted by Gasteiger charge is 2.13. The van der Waals surface area contributed by atoms with Gasteiger partial charge in [-0.05, 0) is 25.5 Å². The molecule has 0 amide bonds. The van der Waals surface area contributed by atoms with Crippen molar-refractivity contribution in [2.24, 2.45) is 0 Å². The minimum Gasteiger partial charge on any atom is -0.261 e. The minimum atomic E-state index is 0.429. The molecule has 4 heteroatoms. The van der Waals surface area contributed by atoms with Gasteiger partial charge in [0, 0.05) is 37.0 Å². The Morgan fingerprint density at radius 3 is 2.76 bits per heavy atom. The van der Waals surface area contributed by atoms with Crippen LogP contribution in [0.15, 0.2) is 30.6 Å². The molecule has 0 aliphatic carbocycles. The molecule has 1 unspecified atom stereocenters. The van der Waals surface area contributed by atoms with Crippen molar-refractivity contribution >= 4 is 0 Å². The van der Waals surface area contributed by atoms with Crippen molar-refractivity contribution in [1.29, 1.82) is 0 Å². The lowest BCUT2D eigenvalue weighted by Crippen LogP contribution is -2.04. The lowest BCUT2D eigenvalue weighted by atomic mass is 9.96.